The molecule has 2 unspecified atom stereocenters. The van der Waals surface area contributed by atoms with Crippen molar-refractivity contribution in [3.63, 3.8) is 0 Å². The molecule has 2 atom stereocenters. The van der Waals surface area contributed by atoms with Gasteiger partial charge in [-0.2, -0.15) is 0 Å². The second kappa shape index (κ2) is 11.2. The fourth-order valence-electron chi connectivity index (χ4n) is 5.49. The highest BCUT2D eigenvalue weighted by atomic mass is 32.2. The van der Waals surface area contributed by atoms with Gasteiger partial charge in [-0.3, -0.25) is 4.79 Å². The van der Waals surface area contributed by atoms with Crippen LogP contribution in [-0.4, -0.2) is 69.0 Å². The Kier molecular flexibility index (Phi) is 8.20. The van der Waals surface area contributed by atoms with Crippen LogP contribution in [0.15, 0.2) is 41.3 Å². The molecule has 2 aromatic carbocycles. The molecule has 2 amide bonds. The molecule has 2 aliphatic rings. The molecule has 2 fully saturated rings. The minimum Gasteiger partial charge on any atom is -0.450 e. The van der Waals surface area contributed by atoms with Gasteiger partial charge in [0.1, 0.15) is 0 Å². The molecule has 0 aromatic heterocycles. The molecule has 0 spiro atoms. The summed E-state index contributed by atoms with van der Waals surface area (Å²) in [6.45, 7) is 5.18. The Balaban J connectivity index is 1.54. The average Bonchev–Trinajstić information content (AvgIpc) is 2.87. The first-order valence-corrected chi connectivity index (χ1v) is 14.4. The second-order valence-electron chi connectivity index (χ2n) is 10.1. The lowest BCUT2D eigenvalue weighted by molar-refractivity contribution is 0.0674. The van der Waals surface area contributed by atoms with Crippen LogP contribution >= 0.6 is 0 Å². The summed E-state index contributed by atoms with van der Waals surface area (Å²) in [5.41, 5.74) is 0.521. The number of hydrogen-bond donors (Lipinski definition) is 1. The molecule has 1 N–H and O–H groups in total. The van der Waals surface area contributed by atoms with Gasteiger partial charge >= 0.3 is 6.09 Å². The van der Waals surface area contributed by atoms with Gasteiger partial charge in [0.25, 0.3) is 5.91 Å². The number of rotatable bonds is 6. The Morgan fingerprint density at radius 1 is 1.06 bits per heavy atom. The van der Waals surface area contributed by atoms with Crippen LogP contribution in [0.2, 0.25) is 0 Å². The van der Waals surface area contributed by atoms with Gasteiger partial charge in [-0.25, -0.2) is 17.9 Å². The highest BCUT2D eigenvalue weighted by Crippen LogP contribution is 2.30. The smallest absolute Gasteiger partial charge is 0.409 e. The van der Waals surface area contributed by atoms with Crippen LogP contribution in [0.1, 0.15) is 62.7 Å². The van der Waals surface area contributed by atoms with E-state index in [1.54, 1.807) is 42.2 Å². The maximum Gasteiger partial charge on any atom is 0.409 e. The van der Waals surface area contributed by atoms with Crippen molar-refractivity contribution in [2.45, 2.75) is 69.4 Å². The highest BCUT2D eigenvalue weighted by Gasteiger charge is 2.30. The summed E-state index contributed by atoms with van der Waals surface area (Å²) < 4.78 is 34.7. The summed E-state index contributed by atoms with van der Waals surface area (Å²) >= 11 is 0. The lowest BCUT2D eigenvalue weighted by atomic mass is 9.86. The van der Waals surface area contributed by atoms with E-state index in [4.69, 9.17) is 4.74 Å². The maximum absolute atomic E-state index is 13.5. The number of likely N-dealkylation sites (tertiary alicyclic amines) is 1. The molecule has 1 saturated carbocycles. The number of benzene rings is 2. The largest absolute Gasteiger partial charge is 0.450 e. The molecule has 0 radical (unpaired) electrons. The van der Waals surface area contributed by atoms with E-state index in [0.717, 1.165) is 19.3 Å². The van der Waals surface area contributed by atoms with Gasteiger partial charge in [-0.1, -0.05) is 44.0 Å². The number of ether oxygens (including phenoxy) is 1. The topological polar surface area (TPSA) is 96.0 Å². The number of fused-ring (bicyclic) bond motifs is 1. The van der Waals surface area contributed by atoms with Crippen LogP contribution in [0.4, 0.5) is 4.79 Å². The molecule has 4 rings (SSSR count). The quantitative estimate of drug-likeness (QED) is 0.616. The zero-order valence-electron chi connectivity index (χ0n) is 21.4. The first-order chi connectivity index (χ1) is 17.2. The highest BCUT2D eigenvalue weighted by molar-refractivity contribution is 7.89. The Morgan fingerprint density at radius 2 is 1.75 bits per heavy atom. The molecule has 1 saturated heterocycles. The van der Waals surface area contributed by atoms with Crippen molar-refractivity contribution in [2.75, 3.05) is 26.7 Å². The summed E-state index contributed by atoms with van der Waals surface area (Å²) in [5, 5.41) is 1.17. The molecule has 9 heteroatoms. The normalized spacial score (nSPS) is 21.4. The van der Waals surface area contributed by atoms with Crippen LogP contribution in [0, 0.1) is 5.92 Å². The van der Waals surface area contributed by atoms with Crippen LogP contribution in [-0.2, 0) is 14.8 Å². The number of hydrogen-bond acceptors (Lipinski definition) is 5. The van der Waals surface area contributed by atoms with E-state index in [-0.39, 0.29) is 29.0 Å². The summed E-state index contributed by atoms with van der Waals surface area (Å²) in [5.74, 6) is 0.520. The molecule has 8 nitrogen and oxygen atoms in total. The predicted octanol–water partition coefficient (Wildman–Crippen LogP) is 4.39. The molecular weight excluding hydrogens is 478 g/mol. The second-order valence-corrected chi connectivity index (χ2v) is 11.8. The van der Waals surface area contributed by atoms with E-state index >= 15 is 0 Å². The Bertz CT molecular complexity index is 1210. The molecule has 36 heavy (non-hydrogen) atoms. The number of sulfonamides is 1. The van der Waals surface area contributed by atoms with Crippen LogP contribution in [0.25, 0.3) is 10.8 Å². The first-order valence-electron chi connectivity index (χ1n) is 12.9. The molecule has 0 bridgehead atoms. The van der Waals surface area contributed by atoms with Gasteiger partial charge in [0.05, 0.1) is 11.5 Å². The molecular formula is C27H37N3O5S. The van der Waals surface area contributed by atoms with E-state index in [0.29, 0.717) is 54.8 Å². The molecule has 1 heterocycles. The number of amides is 2. The fraction of sp³-hybridized carbons (Fsp3) is 0.556. The third kappa shape index (κ3) is 5.67. The average molecular weight is 516 g/mol. The van der Waals surface area contributed by atoms with Crippen molar-refractivity contribution in [1.82, 2.24) is 14.5 Å². The third-order valence-electron chi connectivity index (χ3n) is 7.52. The van der Waals surface area contributed by atoms with Crippen LogP contribution in [0.3, 0.4) is 0 Å². The van der Waals surface area contributed by atoms with Gasteiger partial charge in [0.15, 0.2) is 0 Å². The van der Waals surface area contributed by atoms with Gasteiger partial charge in [-0.05, 0) is 56.0 Å². The van der Waals surface area contributed by atoms with Gasteiger partial charge < -0.3 is 14.5 Å². The molecule has 2 aromatic rings. The number of nitrogens with zero attached hydrogens (tertiary/aromatic N) is 2. The van der Waals surface area contributed by atoms with Crippen molar-refractivity contribution >= 4 is 32.8 Å². The lowest BCUT2D eigenvalue weighted by Crippen LogP contribution is -2.46. The van der Waals surface area contributed by atoms with Gasteiger partial charge in [-0.15, -0.1) is 0 Å². The number of nitrogens with one attached hydrogen (secondary N) is 1. The number of carbonyl (C=O) groups excluding carboxylic acids is 2. The lowest BCUT2D eigenvalue weighted by Gasteiger charge is -2.34. The molecule has 1 aliphatic heterocycles. The zero-order valence-corrected chi connectivity index (χ0v) is 22.2. The van der Waals surface area contributed by atoms with E-state index < -0.39 is 10.0 Å². The van der Waals surface area contributed by atoms with Gasteiger partial charge in [0, 0.05) is 43.2 Å². The minimum absolute atomic E-state index is 0.0754. The summed E-state index contributed by atoms with van der Waals surface area (Å²) in [7, 11) is -1.98. The first kappa shape index (κ1) is 26.4. The Morgan fingerprint density at radius 3 is 2.44 bits per heavy atom. The maximum atomic E-state index is 13.5. The van der Waals surface area contributed by atoms with Crippen molar-refractivity contribution in [3.05, 3.63) is 42.0 Å². The summed E-state index contributed by atoms with van der Waals surface area (Å²) in [6.07, 6.45) is 4.96. The monoisotopic (exact) mass is 515 g/mol. The summed E-state index contributed by atoms with van der Waals surface area (Å²) in [6, 6.07) is 10.3. The zero-order chi connectivity index (χ0) is 25.9. The van der Waals surface area contributed by atoms with Gasteiger partial charge in [0.2, 0.25) is 10.0 Å². The van der Waals surface area contributed by atoms with Crippen molar-refractivity contribution in [1.29, 1.82) is 0 Å². The predicted molar refractivity (Wildman–Crippen MR) is 139 cm³/mol. The summed E-state index contributed by atoms with van der Waals surface area (Å²) in [4.78, 5) is 29.0. The van der Waals surface area contributed by atoms with E-state index in [1.165, 1.54) is 6.42 Å². The van der Waals surface area contributed by atoms with E-state index in [2.05, 4.69) is 11.6 Å². The number of carbonyl (C=O) groups is 2. The Hall–Kier alpha value is -2.65. The standard InChI is InChI=1S/C27H37N3O5S/c1-4-35-27(32)30-16-14-20(15-17-30)28-36(33,34)25-13-7-10-22-23(25)11-6-12-24(22)26(31)29(3)21-9-5-8-19(2)18-21/h6-7,10-13,19-21,28H,4-5,8-9,14-18H2,1-3H3. The van der Waals surface area contributed by atoms with E-state index in [1.807, 2.05) is 18.0 Å². The van der Waals surface area contributed by atoms with E-state index in [9.17, 15) is 18.0 Å². The fourth-order valence-corrected chi connectivity index (χ4v) is 7.02. The van der Waals surface area contributed by atoms with Crippen LogP contribution < -0.4 is 4.72 Å². The SMILES string of the molecule is CCOC(=O)N1CCC(NS(=O)(=O)c2cccc3c(C(=O)N(C)C4CCCC(C)C4)cccc23)CC1. The molecule has 1 aliphatic carbocycles. The number of piperidine rings is 1. The van der Waals surface area contributed by atoms with Crippen molar-refractivity contribution in [3.8, 4) is 0 Å². The van der Waals surface area contributed by atoms with Crippen LogP contribution in [0.5, 0.6) is 0 Å². The third-order valence-corrected chi connectivity index (χ3v) is 9.10. The van der Waals surface area contributed by atoms with Crippen molar-refractivity contribution < 1.29 is 22.7 Å². The Labute approximate surface area is 214 Å². The molecule has 196 valence electrons. The van der Waals surface area contributed by atoms with Crippen molar-refractivity contribution in [2.24, 2.45) is 5.92 Å². The minimum atomic E-state index is -3.83.